The minimum Gasteiger partial charge on any atom is -0.391 e. The van der Waals surface area contributed by atoms with E-state index in [0.717, 1.165) is 12.1 Å². The van der Waals surface area contributed by atoms with Crippen LogP contribution in [0.4, 0.5) is 0 Å². The van der Waals surface area contributed by atoms with Crippen molar-refractivity contribution in [3.63, 3.8) is 0 Å². The van der Waals surface area contributed by atoms with Crippen molar-refractivity contribution in [1.29, 1.82) is 0 Å². The van der Waals surface area contributed by atoms with Crippen LogP contribution in [0.15, 0.2) is 4.79 Å². The van der Waals surface area contributed by atoms with Gasteiger partial charge in [0, 0.05) is 6.54 Å². The molecule has 0 bridgehead atoms. The van der Waals surface area contributed by atoms with Crippen molar-refractivity contribution in [1.82, 2.24) is 15.5 Å². The smallest absolute Gasteiger partial charge is 0.277 e. The highest BCUT2D eigenvalue weighted by Crippen LogP contribution is 2.11. The highest BCUT2D eigenvalue weighted by molar-refractivity contribution is 5.95. The maximum Gasteiger partial charge on any atom is 0.277 e. The van der Waals surface area contributed by atoms with Gasteiger partial charge in [0.1, 0.15) is 5.56 Å². The Labute approximate surface area is 125 Å². The lowest BCUT2D eigenvalue weighted by atomic mass is 10.0. The second-order valence-electron chi connectivity index (χ2n) is 5.22. The number of aromatic nitrogens is 2. The summed E-state index contributed by atoms with van der Waals surface area (Å²) in [7, 11) is 0. The molecule has 1 rings (SSSR count). The Morgan fingerprint density at radius 2 is 2.00 bits per heavy atom. The molecule has 6 heteroatoms. The molecule has 0 radical (unpaired) electrons. The molecule has 6 nitrogen and oxygen atoms in total. The molecule has 1 heterocycles. The van der Waals surface area contributed by atoms with Crippen molar-refractivity contribution >= 4 is 5.91 Å². The van der Waals surface area contributed by atoms with E-state index in [1.165, 1.54) is 0 Å². The molecule has 0 aliphatic rings. The fourth-order valence-electron chi connectivity index (χ4n) is 2.20. The Morgan fingerprint density at radius 3 is 2.52 bits per heavy atom. The normalized spacial score (nSPS) is 13.8. The molecular weight excluding hydrogens is 270 g/mol. The van der Waals surface area contributed by atoms with E-state index in [4.69, 9.17) is 0 Å². The molecule has 1 aromatic rings. The van der Waals surface area contributed by atoms with Gasteiger partial charge in [0.15, 0.2) is 0 Å². The number of nitrogens with one attached hydrogen (secondary N) is 2. The molecule has 0 saturated carbocycles. The Kier molecular flexibility index (Phi) is 6.55. The fourth-order valence-corrected chi connectivity index (χ4v) is 2.20. The van der Waals surface area contributed by atoms with Crippen LogP contribution in [0.5, 0.6) is 0 Å². The Balaban J connectivity index is 2.95. The summed E-state index contributed by atoms with van der Waals surface area (Å²) >= 11 is 0. The van der Waals surface area contributed by atoms with E-state index in [2.05, 4.69) is 15.5 Å². The molecule has 1 aromatic heterocycles. The zero-order valence-electron chi connectivity index (χ0n) is 13.2. The number of aromatic amines is 1. The number of amides is 1. The standard InChI is InChI=1S/C15H25N3O3/c1-5-9(4)12(19)8-16-14(20)13-10(6-2)11(7-3)17-18-15(13)21/h9,12,19H,5-8H2,1-4H3,(H,16,20)(H,18,21). The largest absolute Gasteiger partial charge is 0.391 e. The first-order valence-electron chi connectivity index (χ1n) is 7.52. The second kappa shape index (κ2) is 7.93. The summed E-state index contributed by atoms with van der Waals surface area (Å²) in [5.74, 6) is -0.356. The first-order valence-corrected chi connectivity index (χ1v) is 7.52. The van der Waals surface area contributed by atoms with Gasteiger partial charge >= 0.3 is 0 Å². The Bertz CT molecular complexity index is 539. The van der Waals surface area contributed by atoms with Crippen LogP contribution in [0.2, 0.25) is 0 Å². The lowest BCUT2D eigenvalue weighted by Crippen LogP contribution is -2.38. The molecule has 0 spiro atoms. The van der Waals surface area contributed by atoms with Crippen LogP contribution in [0.25, 0.3) is 0 Å². The van der Waals surface area contributed by atoms with E-state index in [0.29, 0.717) is 18.4 Å². The summed E-state index contributed by atoms with van der Waals surface area (Å²) in [4.78, 5) is 24.2. The molecule has 1 amide bonds. The van der Waals surface area contributed by atoms with Gasteiger partial charge in [0.25, 0.3) is 11.5 Å². The van der Waals surface area contributed by atoms with E-state index in [9.17, 15) is 14.7 Å². The number of hydrogen-bond donors (Lipinski definition) is 3. The van der Waals surface area contributed by atoms with Crippen LogP contribution in [-0.4, -0.2) is 33.9 Å². The number of carbonyl (C=O) groups is 1. The van der Waals surface area contributed by atoms with E-state index in [-0.39, 0.29) is 18.0 Å². The number of H-pyrrole nitrogens is 1. The first-order chi connectivity index (χ1) is 9.96. The summed E-state index contributed by atoms with van der Waals surface area (Å²) in [6.07, 6.45) is 1.43. The SMILES string of the molecule is CCc1n[nH]c(=O)c(C(=O)NCC(O)C(C)CC)c1CC. The third kappa shape index (κ3) is 4.14. The number of aliphatic hydroxyl groups is 1. The summed E-state index contributed by atoms with van der Waals surface area (Å²) in [6, 6.07) is 0. The Morgan fingerprint density at radius 1 is 1.33 bits per heavy atom. The maximum atomic E-state index is 12.3. The number of hydrogen-bond acceptors (Lipinski definition) is 4. The molecule has 3 N–H and O–H groups in total. The number of carbonyl (C=O) groups excluding carboxylic acids is 1. The van der Waals surface area contributed by atoms with Crippen molar-refractivity contribution in [2.45, 2.75) is 53.1 Å². The van der Waals surface area contributed by atoms with Crippen molar-refractivity contribution in [3.8, 4) is 0 Å². The van der Waals surface area contributed by atoms with Gasteiger partial charge in [0.2, 0.25) is 0 Å². The first kappa shape index (κ1) is 17.4. The number of rotatable bonds is 7. The van der Waals surface area contributed by atoms with Gasteiger partial charge in [-0.1, -0.05) is 34.1 Å². The van der Waals surface area contributed by atoms with Crippen LogP contribution in [-0.2, 0) is 12.8 Å². The third-order valence-electron chi connectivity index (χ3n) is 3.86. The molecule has 0 fully saturated rings. The van der Waals surface area contributed by atoms with Gasteiger partial charge in [-0.05, 0) is 24.3 Å². The monoisotopic (exact) mass is 295 g/mol. The molecule has 2 atom stereocenters. The minimum absolute atomic E-state index is 0.0953. The van der Waals surface area contributed by atoms with Gasteiger partial charge < -0.3 is 10.4 Å². The molecule has 0 saturated heterocycles. The summed E-state index contributed by atoms with van der Waals surface area (Å²) in [5, 5.41) is 18.9. The van der Waals surface area contributed by atoms with Gasteiger partial charge in [-0.15, -0.1) is 0 Å². The second-order valence-corrected chi connectivity index (χ2v) is 5.22. The molecule has 2 unspecified atom stereocenters. The van der Waals surface area contributed by atoms with E-state index >= 15 is 0 Å². The van der Waals surface area contributed by atoms with Gasteiger partial charge in [-0.3, -0.25) is 9.59 Å². The van der Waals surface area contributed by atoms with Crippen LogP contribution in [0, 0.1) is 5.92 Å². The van der Waals surface area contributed by atoms with E-state index < -0.39 is 17.6 Å². The lowest BCUT2D eigenvalue weighted by Gasteiger charge is -2.18. The van der Waals surface area contributed by atoms with Crippen LogP contribution >= 0.6 is 0 Å². The van der Waals surface area contributed by atoms with Gasteiger partial charge in [-0.25, -0.2) is 5.10 Å². The van der Waals surface area contributed by atoms with E-state index in [1.807, 2.05) is 27.7 Å². The highest BCUT2D eigenvalue weighted by Gasteiger charge is 2.20. The van der Waals surface area contributed by atoms with Crippen molar-refractivity contribution < 1.29 is 9.90 Å². The van der Waals surface area contributed by atoms with Gasteiger partial charge in [0.05, 0.1) is 11.8 Å². The predicted molar refractivity (Wildman–Crippen MR) is 81.4 cm³/mol. The summed E-state index contributed by atoms with van der Waals surface area (Å²) in [6.45, 7) is 7.85. The average molecular weight is 295 g/mol. The van der Waals surface area contributed by atoms with Crippen LogP contribution in [0.3, 0.4) is 0 Å². The molecular formula is C15H25N3O3. The highest BCUT2D eigenvalue weighted by atomic mass is 16.3. The van der Waals surface area contributed by atoms with Crippen molar-refractivity contribution in [2.24, 2.45) is 5.92 Å². The summed E-state index contributed by atoms with van der Waals surface area (Å²) < 4.78 is 0. The van der Waals surface area contributed by atoms with Crippen molar-refractivity contribution in [2.75, 3.05) is 6.54 Å². The number of aryl methyl sites for hydroxylation is 1. The molecule has 0 aliphatic carbocycles. The van der Waals surface area contributed by atoms with Gasteiger partial charge in [-0.2, -0.15) is 5.10 Å². The predicted octanol–water partition coefficient (Wildman–Crippen LogP) is 1.03. The topological polar surface area (TPSA) is 95.1 Å². The summed E-state index contributed by atoms with van der Waals surface area (Å²) in [5.41, 5.74) is 1.03. The molecule has 0 aliphatic heterocycles. The molecule has 21 heavy (non-hydrogen) atoms. The molecule has 118 valence electrons. The molecule has 0 aromatic carbocycles. The lowest BCUT2D eigenvalue weighted by molar-refractivity contribution is 0.0847. The number of nitrogens with zero attached hydrogens (tertiary/aromatic N) is 1. The quantitative estimate of drug-likeness (QED) is 0.700. The van der Waals surface area contributed by atoms with Crippen molar-refractivity contribution in [3.05, 3.63) is 27.2 Å². The average Bonchev–Trinajstić information content (AvgIpc) is 2.50. The zero-order chi connectivity index (χ0) is 16.0. The third-order valence-corrected chi connectivity index (χ3v) is 3.86. The fraction of sp³-hybridized carbons (Fsp3) is 0.667. The zero-order valence-corrected chi connectivity index (χ0v) is 13.2. The minimum atomic E-state index is -0.615. The maximum absolute atomic E-state index is 12.3. The van der Waals surface area contributed by atoms with Crippen LogP contribution < -0.4 is 10.9 Å². The Hall–Kier alpha value is -1.69. The van der Waals surface area contributed by atoms with E-state index in [1.54, 1.807) is 0 Å². The number of aliphatic hydroxyl groups excluding tert-OH is 1. The van der Waals surface area contributed by atoms with Crippen LogP contribution in [0.1, 0.15) is 55.7 Å².